The van der Waals surface area contributed by atoms with Gasteiger partial charge in [0, 0.05) is 11.4 Å². The molecule has 1 atom stereocenters. The second kappa shape index (κ2) is 5.67. The smallest absolute Gasteiger partial charge is 0.349 e. The highest BCUT2D eigenvalue weighted by Gasteiger charge is 2.38. The van der Waals surface area contributed by atoms with Crippen molar-refractivity contribution in [2.45, 2.75) is 31.8 Å². The molecule has 4 rings (SSSR count). The summed E-state index contributed by atoms with van der Waals surface area (Å²) in [6.45, 7) is 1.91. The topological polar surface area (TPSA) is 63.7 Å². The minimum absolute atomic E-state index is 0.0685. The predicted octanol–water partition coefficient (Wildman–Crippen LogP) is 3.75. The van der Waals surface area contributed by atoms with Gasteiger partial charge in [0.15, 0.2) is 0 Å². The van der Waals surface area contributed by atoms with Crippen LogP contribution in [-0.2, 0) is 0 Å². The van der Waals surface area contributed by atoms with Crippen molar-refractivity contribution in [2.75, 3.05) is 0 Å². The first kappa shape index (κ1) is 14.8. The molecule has 1 saturated carbocycles. The number of amides is 1. The largest absolute Gasteiger partial charge is 0.467 e. The van der Waals surface area contributed by atoms with Gasteiger partial charge in [-0.05, 0) is 44.0 Å². The first-order chi connectivity index (χ1) is 11.6. The van der Waals surface area contributed by atoms with E-state index in [9.17, 15) is 9.59 Å². The van der Waals surface area contributed by atoms with Crippen LogP contribution in [0.25, 0.3) is 11.0 Å². The Balaban J connectivity index is 1.75. The zero-order valence-corrected chi connectivity index (χ0v) is 13.3. The molecule has 0 spiro atoms. The van der Waals surface area contributed by atoms with Crippen LogP contribution >= 0.6 is 0 Å². The van der Waals surface area contributed by atoms with Crippen molar-refractivity contribution in [1.29, 1.82) is 0 Å². The van der Waals surface area contributed by atoms with Crippen LogP contribution in [0.4, 0.5) is 0 Å². The van der Waals surface area contributed by atoms with E-state index < -0.39 is 5.63 Å². The number of para-hydroxylation sites is 1. The van der Waals surface area contributed by atoms with Gasteiger partial charge in [0.1, 0.15) is 16.9 Å². The standard InChI is InChI=1S/C19H17NO4/c1-12(16-7-4-10-23-16)20(14-8-9-14)18(21)15-11-13-5-2-3-6-17(13)24-19(15)22/h2-7,10-12,14H,8-9H2,1H3/t12-/m1/s1. The lowest BCUT2D eigenvalue weighted by Crippen LogP contribution is -2.37. The fourth-order valence-corrected chi connectivity index (χ4v) is 3.03. The third-order valence-electron chi connectivity index (χ3n) is 4.42. The van der Waals surface area contributed by atoms with E-state index in [0.29, 0.717) is 11.3 Å². The average Bonchev–Trinajstić information content (AvgIpc) is 3.25. The quantitative estimate of drug-likeness (QED) is 0.686. The van der Waals surface area contributed by atoms with Gasteiger partial charge in [-0.3, -0.25) is 4.79 Å². The molecule has 5 nitrogen and oxygen atoms in total. The molecule has 0 N–H and O–H groups in total. The summed E-state index contributed by atoms with van der Waals surface area (Å²) in [5, 5.41) is 0.738. The normalized spacial score (nSPS) is 15.4. The fraction of sp³-hybridized carbons (Fsp3) is 0.263. The van der Waals surface area contributed by atoms with E-state index in [0.717, 1.165) is 18.2 Å². The van der Waals surface area contributed by atoms with Gasteiger partial charge in [0.05, 0.1) is 12.3 Å². The molecule has 1 fully saturated rings. The zero-order chi connectivity index (χ0) is 16.7. The lowest BCUT2D eigenvalue weighted by molar-refractivity contribution is 0.0648. The molecule has 0 radical (unpaired) electrons. The monoisotopic (exact) mass is 323 g/mol. The Morgan fingerprint density at radius 3 is 2.71 bits per heavy atom. The van der Waals surface area contributed by atoms with E-state index in [1.54, 1.807) is 35.4 Å². The Kier molecular flexibility index (Phi) is 3.49. The summed E-state index contributed by atoms with van der Waals surface area (Å²) >= 11 is 0. The summed E-state index contributed by atoms with van der Waals surface area (Å²) in [6, 6.07) is 12.4. The van der Waals surface area contributed by atoms with Gasteiger partial charge in [-0.15, -0.1) is 0 Å². The molecule has 5 heteroatoms. The van der Waals surface area contributed by atoms with Crippen molar-refractivity contribution < 1.29 is 13.6 Å². The maximum absolute atomic E-state index is 13.1. The van der Waals surface area contributed by atoms with Crippen LogP contribution in [-0.4, -0.2) is 16.8 Å². The summed E-state index contributed by atoms with van der Waals surface area (Å²) in [6.07, 6.45) is 3.47. The number of carbonyl (C=O) groups excluding carboxylic acids is 1. The van der Waals surface area contributed by atoms with E-state index in [1.807, 2.05) is 25.1 Å². The highest BCUT2D eigenvalue weighted by Crippen LogP contribution is 2.35. The van der Waals surface area contributed by atoms with Crippen LogP contribution < -0.4 is 5.63 Å². The van der Waals surface area contributed by atoms with E-state index in [1.165, 1.54) is 0 Å². The van der Waals surface area contributed by atoms with Crippen LogP contribution in [0.5, 0.6) is 0 Å². The summed E-state index contributed by atoms with van der Waals surface area (Å²) < 4.78 is 10.8. The second-order valence-electron chi connectivity index (χ2n) is 6.12. The third-order valence-corrected chi connectivity index (χ3v) is 4.42. The second-order valence-corrected chi connectivity index (χ2v) is 6.12. The minimum atomic E-state index is -0.601. The molecule has 1 aliphatic carbocycles. The van der Waals surface area contributed by atoms with Crippen molar-refractivity contribution in [2.24, 2.45) is 0 Å². The molecule has 0 unspecified atom stereocenters. The van der Waals surface area contributed by atoms with Gasteiger partial charge in [-0.25, -0.2) is 4.79 Å². The van der Waals surface area contributed by atoms with Crippen molar-refractivity contribution >= 4 is 16.9 Å². The van der Waals surface area contributed by atoms with Crippen LogP contribution in [0, 0.1) is 0 Å². The molecular formula is C19H17NO4. The van der Waals surface area contributed by atoms with Gasteiger partial charge >= 0.3 is 5.63 Å². The Bertz CT molecular complexity index is 937. The molecule has 122 valence electrons. The van der Waals surface area contributed by atoms with Crippen molar-refractivity contribution in [3.05, 3.63) is 70.5 Å². The Hall–Kier alpha value is -2.82. The summed E-state index contributed by atoms with van der Waals surface area (Å²) in [5.74, 6) is 0.404. The Morgan fingerprint density at radius 2 is 2.00 bits per heavy atom. The first-order valence-electron chi connectivity index (χ1n) is 8.04. The van der Waals surface area contributed by atoms with Gasteiger partial charge < -0.3 is 13.7 Å². The number of furan rings is 1. The van der Waals surface area contributed by atoms with Crippen LogP contribution in [0.1, 0.15) is 41.9 Å². The molecule has 0 aliphatic heterocycles. The highest BCUT2D eigenvalue weighted by molar-refractivity contribution is 5.97. The summed E-state index contributed by atoms with van der Waals surface area (Å²) in [4.78, 5) is 27.1. The van der Waals surface area contributed by atoms with Crippen LogP contribution in [0.3, 0.4) is 0 Å². The van der Waals surface area contributed by atoms with Crippen molar-refractivity contribution in [1.82, 2.24) is 4.90 Å². The first-order valence-corrected chi connectivity index (χ1v) is 8.04. The predicted molar refractivity (Wildman–Crippen MR) is 88.8 cm³/mol. The Morgan fingerprint density at radius 1 is 1.21 bits per heavy atom. The molecule has 24 heavy (non-hydrogen) atoms. The highest BCUT2D eigenvalue weighted by atomic mass is 16.4. The van der Waals surface area contributed by atoms with Gasteiger partial charge in [0.25, 0.3) is 5.91 Å². The third kappa shape index (κ3) is 2.52. The number of fused-ring (bicyclic) bond motifs is 1. The lowest BCUT2D eigenvalue weighted by Gasteiger charge is -2.27. The average molecular weight is 323 g/mol. The molecule has 1 aliphatic rings. The molecule has 3 aromatic rings. The molecule has 2 heterocycles. The van der Waals surface area contributed by atoms with Gasteiger partial charge in [-0.2, -0.15) is 0 Å². The molecule has 2 aromatic heterocycles. The lowest BCUT2D eigenvalue weighted by atomic mass is 10.1. The van der Waals surface area contributed by atoms with Crippen molar-refractivity contribution in [3.63, 3.8) is 0 Å². The minimum Gasteiger partial charge on any atom is -0.467 e. The molecule has 0 saturated heterocycles. The van der Waals surface area contributed by atoms with Crippen LogP contribution in [0.15, 0.2) is 62.4 Å². The van der Waals surface area contributed by atoms with E-state index >= 15 is 0 Å². The maximum atomic E-state index is 13.1. The molecular weight excluding hydrogens is 306 g/mol. The van der Waals surface area contributed by atoms with Crippen LogP contribution in [0.2, 0.25) is 0 Å². The SMILES string of the molecule is C[C@H](c1ccco1)N(C(=O)c1cc2ccccc2oc1=O)C1CC1. The summed E-state index contributed by atoms with van der Waals surface area (Å²) in [5.41, 5.74) is -0.0499. The molecule has 1 aromatic carbocycles. The molecule has 0 bridgehead atoms. The number of carbonyl (C=O) groups is 1. The van der Waals surface area contributed by atoms with Gasteiger partial charge in [-0.1, -0.05) is 18.2 Å². The van der Waals surface area contributed by atoms with Gasteiger partial charge in [0.2, 0.25) is 0 Å². The van der Waals surface area contributed by atoms with Crippen molar-refractivity contribution in [3.8, 4) is 0 Å². The van der Waals surface area contributed by atoms with E-state index in [-0.39, 0.29) is 23.6 Å². The Labute approximate surface area is 138 Å². The summed E-state index contributed by atoms with van der Waals surface area (Å²) in [7, 11) is 0. The maximum Gasteiger partial charge on any atom is 0.349 e. The molecule has 1 amide bonds. The number of hydrogen-bond donors (Lipinski definition) is 0. The fourth-order valence-electron chi connectivity index (χ4n) is 3.03. The van der Waals surface area contributed by atoms with E-state index in [4.69, 9.17) is 8.83 Å². The zero-order valence-electron chi connectivity index (χ0n) is 13.3. The number of rotatable bonds is 4. The number of nitrogens with zero attached hydrogens (tertiary/aromatic N) is 1. The number of benzene rings is 1. The van der Waals surface area contributed by atoms with E-state index in [2.05, 4.69) is 0 Å². The number of hydrogen-bond acceptors (Lipinski definition) is 4.